The summed E-state index contributed by atoms with van der Waals surface area (Å²) in [6.45, 7) is 2.40. The van der Waals surface area contributed by atoms with Crippen LogP contribution in [-0.4, -0.2) is 91.5 Å². The maximum atomic E-state index is 14.1. The summed E-state index contributed by atoms with van der Waals surface area (Å²) < 4.78 is 23.1. The molecule has 1 aliphatic carbocycles. The molecule has 4 rings (SSSR count). The first-order chi connectivity index (χ1) is 21.7. The zero-order chi connectivity index (χ0) is 32.5. The Balaban J connectivity index is 1.77. The number of aldehydes is 1. The lowest BCUT2D eigenvalue weighted by Crippen LogP contribution is -2.56. The van der Waals surface area contributed by atoms with Gasteiger partial charge in [-0.1, -0.05) is 18.2 Å². The summed E-state index contributed by atoms with van der Waals surface area (Å²) in [5.41, 5.74) is -0.183. The first-order valence-electron chi connectivity index (χ1n) is 14.4. The van der Waals surface area contributed by atoms with Crippen LogP contribution in [-0.2, 0) is 9.53 Å². The first kappa shape index (κ1) is 34.1. The molecule has 3 aromatic rings. The zero-order valence-corrected chi connectivity index (χ0v) is 27.0. The number of ether oxygens (including phenoxy) is 3. The summed E-state index contributed by atoms with van der Waals surface area (Å²) in [6.07, 6.45) is -0.0897. The number of nitrogens with zero attached hydrogens (tertiary/aromatic N) is 1. The summed E-state index contributed by atoms with van der Waals surface area (Å²) in [4.78, 5) is 53.1. The Morgan fingerprint density at radius 3 is 2.71 bits per heavy atom. The second-order valence-corrected chi connectivity index (χ2v) is 11.4. The van der Waals surface area contributed by atoms with Crippen molar-refractivity contribution in [1.82, 2.24) is 10.2 Å². The monoisotopic (exact) mass is 734 g/mol. The van der Waals surface area contributed by atoms with Gasteiger partial charge in [0.2, 0.25) is 5.91 Å². The second kappa shape index (κ2) is 16.0. The molecule has 2 amide bonds. The minimum Gasteiger partial charge on any atom is -0.493 e. The highest BCUT2D eigenvalue weighted by Crippen LogP contribution is 2.37. The number of hydrogen-bond donors (Lipinski definition) is 3. The van der Waals surface area contributed by atoms with Crippen molar-refractivity contribution in [2.45, 2.75) is 38.0 Å². The number of amides is 2. The van der Waals surface area contributed by atoms with Crippen molar-refractivity contribution in [2.75, 3.05) is 40.0 Å². The van der Waals surface area contributed by atoms with Crippen molar-refractivity contribution in [2.24, 2.45) is 0 Å². The number of carbonyl (C=O) groups excluding carboxylic acids is 3. The van der Waals surface area contributed by atoms with Crippen LogP contribution in [0.25, 0.3) is 11.0 Å². The van der Waals surface area contributed by atoms with Crippen LogP contribution in [0.3, 0.4) is 0 Å². The fourth-order valence-electron chi connectivity index (χ4n) is 5.10. The minimum absolute atomic E-state index is 0.0110. The molecule has 0 spiro atoms. The lowest BCUT2D eigenvalue weighted by Gasteiger charge is -2.40. The molecule has 0 saturated heterocycles. The predicted molar refractivity (Wildman–Crippen MR) is 173 cm³/mol. The van der Waals surface area contributed by atoms with Crippen LogP contribution in [0.15, 0.2) is 63.3 Å². The SMILES string of the molecule is CCOCCCN(C(=O)c1cc2ccccc2oc1=O)[C@@H]1CC(C(=O)NCCO)=C[C@H](Oc2c(I)cc(C=O)cc2OC)[C@H]1O. The van der Waals surface area contributed by atoms with Gasteiger partial charge in [-0.25, -0.2) is 4.79 Å². The predicted octanol–water partition coefficient (Wildman–Crippen LogP) is 2.70. The molecule has 0 aliphatic heterocycles. The van der Waals surface area contributed by atoms with Gasteiger partial charge in [-0.05, 0) is 66.3 Å². The van der Waals surface area contributed by atoms with Crippen LogP contribution in [0.5, 0.6) is 11.5 Å². The van der Waals surface area contributed by atoms with Crippen LogP contribution in [0.2, 0.25) is 0 Å². The number of rotatable bonds is 14. The summed E-state index contributed by atoms with van der Waals surface area (Å²) in [5, 5.41) is 24.2. The lowest BCUT2D eigenvalue weighted by molar-refractivity contribution is -0.118. The van der Waals surface area contributed by atoms with Crippen LogP contribution in [0.1, 0.15) is 40.5 Å². The third-order valence-corrected chi connectivity index (χ3v) is 8.08. The third kappa shape index (κ3) is 8.09. The molecule has 1 aliphatic rings. The number of methoxy groups -OCH3 is 1. The highest BCUT2D eigenvalue weighted by atomic mass is 127. The van der Waals surface area contributed by atoms with E-state index < -0.39 is 35.7 Å². The number of aliphatic hydroxyl groups is 2. The number of nitrogens with one attached hydrogen (secondary N) is 1. The molecule has 240 valence electrons. The molecular weight excluding hydrogens is 699 g/mol. The Hall–Kier alpha value is -3.79. The Morgan fingerprint density at radius 2 is 2.00 bits per heavy atom. The van der Waals surface area contributed by atoms with Crippen molar-refractivity contribution < 1.29 is 43.2 Å². The molecule has 45 heavy (non-hydrogen) atoms. The summed E-state index contributed by atoms with van der Waals surface area (Å²) in [7, 11) is 1.41. The lowest BCUT2D eigenvalue weighted by atomic mass is 9.87. The topological polar surface area (TPSA) is 165 Å². The van der Waals surface area contributed by atoms with Gasteiger partial charge in [0.15, 0.2) is 11.5 Å². The number of para-hydroxylation sites is 1. The van der Waals surface area contributed by atoms with E-state index in [-0.39, 0.29) is 48.8 Å². The van der Waals surface area contributed by atoms with Gasteiger partial charge in [0.05, 0.1) is 23.3 Å². The molecule has 1 heterocycles. The average Bonchev–Trinajstić information content (AvgIpc) is 3.04. The fourth-order valence-corrected chi connectivity index (χ4v) is 5.86. The van der Waals surface area contributed by atoms with E-state index in [9.17, 15) is 29.4 Å². The highest BCUT2D eigenvalue weighted by Gasteiger charge is 2.41. The van der Waals surface area contributed by atoms with Gasteiger partial charge in [-0.15, -0.1) is 0 Å². The Bertz CT molecular complexity index is 1620. The van der Waals surface area contributed by atoms with E-state index in [2.05, 4.69) is 5.32 Å². The van der Waals surface area contributed by atoms with E-state index in [0.29, 0.717) is 46.0 Å². The second-order valence-electron chi connectivity index (χ2n) is 10.2. The minimum atomic E-state index is -1.37. The molecule has 0 bridgehead atoms. The molecule has 12 nitrogen and oxygen atoms in total. The van der Waals surface area contributed by atoms with Crippen molar-refractivity contribution in [1.29, 1.82) is 0 Å². The molecular formula is C32H35IN2O10. The van der Waals surface area contributed by atoms with Crippen molar-refractivity contribution >= 4 is 51.7 Å². The largest absolute Gasteiger partial charge is 0.493 e. The van der Waals surface area contributed by atoms with Crippen LogP contribution in [0.4, 0.5) is 0 Å². The first-order valence-corrected chi connectivity index (χ1v) is 15.5. The molecule has 1 aromatic heterocycles. The summed E-state index contributed by atoms with van der Waals surface area (Å²) in [6, 6.07) is 10.3. The number of aliphatic hydroxyl groups excluding tert-OH is 2. The van der Waals surface area contributed by atoms with Crippen molar-refractivity contribution in [3.05, 3.63) is 79.2 Å². The van der Waals surface area contributed by atoms with E-state index >= 15 is 0 Å². The number of carbonyl (C=O) groups is 3. The number of fused-ring (bicyclic) bond motifs is 1. The molecule has 2 aromatic carbocycles. The third-order valence-electron chi connectivity index (χ3n) is 7.28. The Kier molecular flexibility index (Phi) is 12.1. The van der Waals surface area contributed by atoms with E-state index in [1.54, 1.807) is 30.3 Å². The number of benzene rings is 2. The van der Waals surface area contributed by atoms with Gasteiger partial charge < -0.3 is 39.1 Å². The van der Waals surface area contributed by atoms with E-state index in [4.69, 9.17) is 18.6 Å². The van der Waals surface area contributed by atoms with Crippen LogP contribution < -0.4 is 20.4 Å². The molecule has 0 fully saturated rings. The zero-order valence-electron chi connectivity index (χ0n) is 24.9. The van der Waals surface area contributed by atoms with E-state index in [0.717, 1.165) is 0 Å². The standard InChI is InChI=1S/C32H35IN2O10/c1-3-43-12-6-10-35(31(40)22-15-20-7-4-5-8-25(20)45-32(22)41)24-16-21(30(39)34-9-11-36)17-26(28(24)38)44-29-23(33)13-19(18-37)14-27(29)42-2/h4-5,7-8,13-15,17-18,24,26,28,36,38H,3,6,9-12,16H2,1-2H3,(H,34,39)/t24-,26+,28+/m1/s1. The van der Waals surface area contributed by atoms with Gasteiger partial charge in [0.1, 0.15) is 29.6 Å². The Morgan fingerprint density at radius 1 is 1.22 bits per heavy atom. The molecule has 3 atom stereocenters. The Labute approximate surface area is 273 Å². The van der Waals surface area contributed by atoms with Gasteiger partial charge in [-0.3, -0.25) is 14.4 Å². The highest BCUT2D eigenvalue weighted by molar-refractivity contribution is 14.1. The maximum Gasteiger partial charge on any atom is 0.349 e. The maximum absolute atomic E-state index is 14.1. The van der Waals surface area contributed by atoms with Gasteiger partial charge >= 0.3 is 5.63 Å². The summed E-state index contributed by atoms with van der Waals surface area (Å²) in [5.74, 6) is -0.742. The smallest absolute Gasteiger partial charge is 0.349 e. The quantitative estimate of drug-likeness (QED) is 0.0972. The van der Waals surface area contributed by atoms with Gasteiger partial charge in [-0.2, -0.15) is 0 Å². The van der Waals surface area contributed by atoms with Gasteiger partial charge in [0.25, 0.3) is 5.91 Å². The average molecular weight is 735 g/mol. The van der Waals surface area contributed by atoms with Crippen molar-refractivity contribution in [3.8, 4) is 11.5 Å². The summed E-state index contributed by atoms with van der Waals surface area (Å²) >= 11 is 1.98. The van der Waals surface area contributed by atoms with Crippen LogP contribution in [0, 0.1) is 3.57 Å². The molecule has 13 heteroatoms. The molecule has 3 N–H and O–H groups in total. The van der Waals surface area contributed by atoms with Crippen molar-refractivity contribution in [3.63, 3.8) is 0 Å². The molecule has 0 saturated carbocycles. The number of halogens is 1. The van der Waals surface area contributed by atoms with E-state index in [1.807, 2.05) is 29.5 Å². The van der Waals surface area contributed by atoms with E-state index in [1.165, 1.54) is 30.2 Å². The fraction of sp³-hybridized carbons (Fsp3) is 0.375. The number of hydrogen-bond acceptors (Lipinski definition) is 10. The molecule has 0 unspecified atom stereocenters. The van der Waals surface area contributed by atoms with Crippen LogP contribution >= 0.6 is 22.6 Å². The van der Waals surface area contributed by atoms with Gasteiger partial charge in [0, 0.05) is 49.2 Å². The molecule has 0 radical (unpaired) electrons. The normalized spacial score (nSPS) is 17.8.